The first-order valence-electron chi connectivity index (χ1n) is 14.5. The fourth-order valence-electron chi connectivity index (χ4n) is 4.43. The van der Waals surface area contributed by atoms with Crippen molar-refractivity contribution in [2.45, 2.75) is 34.6 Å². The Hall–Kier alpha value is -5.22. The molecule has 0 amide bonds. The molecule has 4 nitrogen and oxygen atoms in total. The third-order valence-corrected chi connectivity index (χ3v) is 6.80. The first-order chi connectivity index (χ1) is 21.0. The number of nitrogens with zero attached hydrogens (tertiary/aromatic N) is 4. The van der Waals surface area contributed by atoms with Gasteiger partial charge in [-0.3, -0.25) is 4.98 Å². The van der Waals surface area contributed by atoms with Crippen LogP contribution in [0.1, 0.15) is 30.7 Å². The van der Waals surface area contributed by atoms with Crippen LogP contribution in [0.5, 0.6) is 0 Å². The van der Waals surface area contributed by atoms with E-state index < -0.39 is 0 Å². The minimum absolute atomic E-state index is 1.01. The molecule has 0 saturated heterocycles. The zero-order valence-corrected chi connectivity index (χ0v) is 25.6. The summed E-state index contributed by atoms with van der Waals surface area (Å²) < 4.78 is 0. The Bertz CT molecular complexity index is 1910. The number of benzene rings is 4. The van der Waals surface area contributed by atoms with Gasteiger partial charge in [0.05, 0.1) is 22.2 Å². The third-order valence-electron chi connectivity index (χ3n) is 6.80. The van der Waals surface area contributed by atoms with Crippen LogP contribution in [-0.4, -0.2) is 19.9 Å². The van der Waals surface area contributed by atoms with Crippen molar-refractivity contribution in [2.75, 3.05) is 0 Å². The zero-order valence-electron chi connectivity index (χ0n) is 25.6. The van der Waals surface area contributed by atoms with Crippen LogP contribution in [0.25, 0.3) is 44.0 Å². The lowest BCUT2D eigenvalue weighted by molar-refractivity contribution is 1.15. The Balaban J connectivity index is 0.000000143. The van der Waals surface area contributed by atoms with Gasteiger partial charge >= 0.3 is 0 Å². The summed E-state index contributed by atoms with van der Waals surface area (Å²) in [6.07, 6.45) is 7.49. The van der Waals surface area contributed by atoms with Gasteiger partial charge in [-0.25, -0.2) is 15.0 Å². The van der Waals surface area contributed by atoms with Gasteiger partial charge in [0, 0.05) is 33.6 Å². The van der Waals surface area contributed by atoms with Crippen molar-refractivity contribution in [1.82, 2.24) is 19.9 Å². The first kappa shape index (κ1) is 30.7. The lowest BCUT2D eigenvalue weighted by atomic mass is 10.1. The number of hydrogen-bond donors (Lipinski definition) is 0. The molecule has 0 fully saturated rings. The number of pyridine rings is 2. The molecular formula is C39H38N4. The number of aryl methyl sites for hydroxylation is 3. The van der Waals surface area contributed by atoms with Gasteiger partial charge in [-0.05, 0) is 76.1 Å². The number of para-hydroxylation sites is 3. The maximum absolute atomic E-state index is 4.71. The monoisotopic (exact) mass is 562 g/mol. The average Bonchev–Trinajstić information content (AvgIpc) is 3.06. The molecule has 0 aliphatic heterocycles. The van der Waals surface area contributed by atoms with Crippen LogP contribution in [0.3, 0.4) is 0 Å². The van der Waals surface area contributed by atoms with Crippen molar-refractivity contribution >= 4 is 32.7 Å². The molecule has 7 aromatic rings. The van der Waals surface area contributed by atoms with Crippen LogP contribution in [0, 0.1) is 20.8 Å². The Morgan fingerprint density at radius 3 is 1.84 bits per heavy atom. The standard InChI is InChI=1S/C16H13N.C10H9N.C9H8N2.C4H8/c1-12-11-16(13-7-3-2-4-8-13)17-15-10-6-5-9-14(12)15;1-8-6-9-4-2-3-5-10(9)11-7-8;1-7-8-4-2-3-5-9(8)11-6-10-7;1-3-4-2/h2-11H,1H3;2-7H,1H3;2-6H,1H3;3-4H,1-2H3/b;;;4-3-. The fraction of sp³-hybridized carbons (Fsp3) is 0.128. The van der Waals surface area contributed by atoms with Crippen LogP contribution in [0.2, 0.25) is 0 Å². The van der Waals surface area contributed by atoms with Crippen molar-refractivity contribution in [3.63, 3.8) is 0 Å². The van der Waals surface area contributed by atoms with E-state index in [-0.39, 0.29) is 0 Å². The second-order valence-corrected chi connectivity index (χ2v) is 10.1. The van der Waals surface area contributed by atoms with Gasteiger partial charge in [-0.2, -0.15) is 0 Å². The lowest BCUT2D eigenvalue weighted by Crippen LogP contribution is -1.88. The summed E-state index contributed by atoms with van der Waals surface area (Å²) in [5.41, 5.74) is 8.88. The quantitative estimate of drug-likeness (QED) is 0.187. The topological polar surface area (TPSA) is 51.6 Å². The Labute approximate surface area is 254 Å². The smallest absolute Gasteiger partial charge is 0.116 e. The average molecular weight is 563 g/mol. The van der Waals surface area contributed by atoms with Crippen LogP contribution in [0.15, 0.2) is 140 Å². The molecule has 0 bridgehead atoms. The van der Waals surface area contributed by atoms with Gasteiger partial charge in [0.15, 0.2) is 0 Å². The molecule has 43 heavy (non-hydrogen) atoms. The molecule has 214 valence electrons. The second kappa shape index (κ2) is 15.7. The Morgan fingerprint density at radius 2 is 1.14 bits per heavy atom. The van der Waals surface area contributed by atoms with Crippen LogP contribution in [-0.2, 0) is 0 Å². The predicted octanol–water partition coefficient (Wildman–Crippen LogP) is 10.3. The molecule has 0 unspecified atom stereocenters. The predicted molar refractivity (Wildman–Crippen MR) is 183 cm³/mol. The summed E-state index contributed by atoms with van der Waals surface area (Å²) >= 11 is 0. The maximum Gasteiger partial charge on any atom is 0.116 e. The van der Waals surface area contributed by atoms with E-state index in [1.165, 1.54) is 27.5 Å². The number of hydrogen-bond acceptors (Lipinski definition) is 4. The zero-order chi connectivity index (χ0) is 30.4. The summed E-state index contributed by atoms with van der Waals surface area (Å²) in [4.78, 5) is 17.2. The van der Waals surface area contributed by atoms with E-state index in [1.54, 1.807) is 6.33 Å². The highest BCUT2D eigenvalue weighted by atomic mass is 14.8. The van der Waals surface area contributed by atoms with Crippen molar-refractivity contribution in [1.29, 1.82) is 0 Å². The second-order valence-electron chi connectivity index (χ2n) is 10.1. The van der Waals surface area contributed by atoms with Crippen LogP contribution < -0.4 is 0 Å². The molecule has 3 aromatic heterocycles. The molecule has 0 radical (unpaired) electrons. The van der Waals surface area contributed by atoms with Crippen molar-refractivity contribution in [3.05, 3.63) is 157 Å². The van der Waals surface area contributed by atoms with Crippen LogP contribution in [0.4, 0.5) is 0 Å². The van der Waals surface area contributed by atoms with E-state index >= 15 is 0 Å². The first-order valence-corrected chi connectivity index (χ1v) is 14.5. The number of rotatable bonds is 1. The molecule has 0 atom stereocenters. The van der Waals surface area contributed by atoms with E-state index in [0.717, 1.165) is 33.3 Å². The largest absolute Gasteiger partial charge is 0.256 e. The summed E-state index contributed by atoms with van der Waals surface area (Å²) in [5, 5.41) is 3.58. The highest BCUT2D eigenvalue weighted by Gasteiger charge is 2.03. The minimum Gasteiger partial charge on any atom is -0.256 e. The Morgan fingerprint density at radius 1 is 0.535 bits per heavy atom. The van der Waals surface area contributed by atoms with Crippen molar-refractivity contribution < 1.29 is 0 Å². The Kier molecular flexibility index (Phi) is 11.2. The van der Waals surface area contributed by atoms with E-state index in [1.807, 2.05) is 106 Å². The molecular weight excluding hydrogens is 524 g/mol. The van der Waals surface area contributed by atoms with Gasteiger partial charge in [0.1, 0.15) is 6.33 Å². The summed E-state index contributed by atoms with van der Waals surface area (Å²) in [5.74, 6) is 0. The SMILES string of the molecule is C/C=C\C.Cc1cc(-c2ccccc2)nc2ccccc12.Cc1cnc2ccccc2c1.Cc1ncnc2ccccc12. The highest BCUT2D eigenvalue weighted by Crippen LogP contribution is 2.23. The maximum atomic E-state index is 4.71. The lowest BCUT2D eigenvalue weighted by Gasteiger charge is -2.06. The normalized spacial score (nSPS) is 10.3. The highest BCUT2D eigenvalue weighted by molar-refractivity contribution is 5.85. The molecule has 0 saturated carbocycles. The van der Waals surface area contributed by atoms with Crippen molar-refractivity contribution in [3.8, 4) is 11.3 Å². The number of fused-ring (bicyclic) bond motifs is 3. The van der Waals surface area contributed by atoms with E-state index in [4.69, 9.17) is 4.98 Å². The molecule has 0 aliphatic carbocycles. The number of allylic oxidation sites excluding steroid dienone is 2. The summed E-state index contributed by atoms with van der Waals surface area (Å²) in [6.45, 7) is 10.2. The molecule has 4 heteroatoms. The van der Waals surface area contributed by atoms with E-state index in [2.05, 4.69) is 77.3 Å². The molecule has 0 aliphatic rings. The van der Waals surface area contributed by atoms with Gasteiger partial charge < -0.3 is 0 Å². The number of aromatic nitrogens is 4. The van der Waals surface area contributed by atoms with Gasteiger partial charge in [0.2, 0.25) is 0 Å². The molecule has 0 spiro atoms. The third kappa shape index (κ3) is 8.64. The molecule has 4 aromatic carbocycles. The van der Waals surface area contributed by atoms with E-state index in [0.29, 0.717) is 0 Å². The molecule has 3 heterocycles. The van der Waals surface area contributed by atoms with Gasteiger partial charge in [-0.1, -0.05) is 97.1 Å². The molecule has 7 rings (SSSR count). The van der Waals surface area contributed by atoms with Crippen LogP contribution >= 0.6 is 0 Å². The van der Waals surface area contributed by atoms with Gasteiger partial charge in [-0.15, -0.1) is 0 Å². The molecule has 0 N–H and O–H groups in total. The van der Waals surface area contributed by atoms with E-state index in [9.17, 15) is 0 Å². The minimum atomic E-state index is 1.01. The summed E-state index contributed by atoms with van der Waals surface area (Å²) in [6, 6.07) is 39.0. The van der Waals surface area contributed by atoms with Crippen molar-refractivity contribution in [2.24, 2.45) is 0 Å². The van der Waals surface area contributed by atoms with Gasteiger partial charge in [0.25, 0.3) is 0 Å². The summed E-state index contributed by atoms with van der Waals surface area (Å²) in [7, 11) is 0. The fourth-order valence-corrected chi connectivity index (χ4v) is 4.43.